The number of hydrogen-bond acceptors (Lipinski definition) is 6. The largest absolute Gasteiger partial charge is 0.495 e. The molecule has 8 heteroatoms. The summed E-state index contributed by atoms with van der Waals surface area (Å²) in [4.78, 5) is 24.8. The molecule has 0 spiro atoms. The van der Waals surface area contributed by atoms with E-state index >= 15 is 0 Å². The molecule has 0 atom stereocenters. The van der Waals surface area contributed by atoms with Crippen LogP contribution in [0.3, 0.4) is 0 Å². The fourth-order valence-electron chi connectivity index (χ4n) is 3.13. The van der Waals surface area contributed by atoms with Gasteiger partial charge < -0.3 is 4.74 Å². The Labute approximate surface area is 165 Å². The second-order valence-electron chi connectivity index (χ2n) is 6.44. The maximum absolute atomic E-state index is 13.4. The Morgan fingerprint density at radius 2 is 1.96 bits per heavy atom. The van der Waals surface area contributed by atoms with Crippen LogP contribution in [0.1, 0.15) is 12.5 Å². The first-order chi connectivity index (χ1) is 13.5. The van der Waals surface area contributed by atoms with Crippen LogP contribution < -0.4 is 10.3 Å². The predicted molar refractivity (Wildman–Crippen MR) is 109 cm³/mol. The van der Waals surface area contributed by atoms with Crippen LogP contribution >= 0.6 is 11.8 Å². The van der Waals surface area contributed by atoms with E-state index in [1.165, 1.54) is 23.3 Å². The number of thioether (sulfide) groups is 1. The standard InChI is InChI=1S/C20H18N4O3S/c1-12-8-9-17(27-3)16(10-12)23-18(26)14-6-4-5-7-15(14)24-19(23)21-22-20(24)28-11-13(2)25/h4-10H,11H2,1-3H3. The van der Waals surface area contributed by atoms with Gasteiger partial charge in [-0.25, -0.2) is 4.57 Å². The molecule has 0 unspecified atom stereocenters. The molecule has 0 N–H and O–H groups in total. The molecular weight excluding hydrogens is 376 g/mol. The van der Waals surface area contributed by atoms with Crippen LogP contribution in [-0.2, 0) is 4.79 Å². The molecule has 7 nitrogen and oxygen atoms in total. The molecule has 2 aromatic carbocycles. The van der Waals surface area contributed by atoms with E-state index < -0.39 is 0 Å². The van der Waals surface area contributed by atoms with Gasteiger partial charge in [0.05, 0.1) is 29.5 Å². The van der Waals surface area contributed by atoms with Crippen LogP contribution in [0.25, 0.3) is 22.4 Å². The van der Waals surface area contributed by atoms with E-state index in [1.807, 2.05) is 47.7 Å². The zero-order chi connectivity index (χ0) is 19.8. The fourth-order valence-corrected chi connectivity index (χ4v) is 3.87. The molecule has 0 aliphatic carbocycles. The number of carbonyl (C=O) groups is 1. The van der Waals surface area contributed by atoms with E-state index in [0.717, 1.165) is 5.56 Å². The lowest BCUT2D eigenvalue weighted by Gasteiger charge is -2.14. The Hall–Kier alpha value is -3.13. The van der Waals surface area contributed by atoms with Gasteiger partial charge in [0.1, 0.15) is 11.5 Å². The highest BCUT2D eigenvalue weighted by Gasteiger charge is 2.20. The van der Waals surface area contributed by atoms with Crippen molar-refractivity contribution in [3.05, 3.63) is 58.4 Å². The van der Waals surface area contributed by atoms with E-state index in [2.05, 4.69) is 10.2 Å². The van der Waals surface area contributed by atoms with Crippen LogP contribution in [0, 0.1) is 6.92 Å². The molecule has 0 amide bonds. The summed E-state index contributed by atoms with van der Waals surface area (Å²) in [5.74, 6) is 1.26. The summed E-state index contributed by atoms with van der Waals surface area (Å²) in [5, 5.41) is 9.61. The third-order valence-electron chi connectivity index (χ3n) is 4.37. The number of methoxy groups -OCH3 is 1. The third-order valence-corrected chi connectivity index (χ3v) is 5.45. The van der Waals surface area contributed by atoms with E-state index in [1.54, 1.807) is 13.2 Å². The monoisotopic (exact) mass is 394 g/mol. The molecule has 0 saturated heterocycles. The molecule has 0 aliphatic heterocycles. The van der Waals surface area contributed by atoms with Crippen molar-refractivity contribution in [2.45, 2.75) is 19.0 Å². The Bertz CT molecular complexity index is 1280. The molecule has 0 fully saturated rings. The molecule has 0 bridgehead atoms. The summed E-state index contributed by atoms with van der Waals surface area (Å²) in [6.45, 7) is 3.48. The summed E-state index contributed by atoms with van der Waals surface area (Å²) in [5.41, 5.74) is 2.07. The number of rotatable bonds is 5. The van der Waals surface area contributed by atoms with Crippen molar-refractivity contribution in [2.75, 3.05) is 12.9 Å². The van der Waals surface area contributed by atoms with Crippen molar-refractivity contribution in [1.82, 2.24) is 19.2 Å². The van der Waals surface area contributed by atoms with Gasteiger partial charge in [-0.15, -0.1) is 10.2 Å². The van der Waals surface area contributed by atoms with Crippen molar-refractivity contribution in [1.29, 1.82) is 0 Å². The van der Waals surface area contributed by atoms with Crippen LogP contribution in [0.15, 0.2) is 52.4 Å². The predicted octanol–water partition coefficient (Wildman–Crippen LogP) is 3.03. The third kappa shape index (κ3) is 2.95. The number of benzene rings is 2. The van der Waals surface area contributed by atoms with Gasteiger partial charge in [-0.1, -0.05) is 30.0 Å². The quantitative estimate of drug-likeness (QED) is 0.484. The highest BCUT2D eigenvalue weighted by molar-refractivity contribution is 7.99. The van der Waals surface area contributed by atoms with Crippen molar-refractivity contribution in [3.63, 3.8) is 0 Å². The molecule has 0 saturated carbocycles. The lowest BCUT2D eigenvalue weighted by molar-refractivity contribution is -0.114. The maximum Gasteiger partial charge on any atom is 0.267 e. The van der Waals surface area contributed by atoms with Gasteiger partial charge in [0, 0.05) is 0 Å². The molecule has 2 heterocycles. The van der Waals surface area contributed by atoms with Gasteiger partial charge in [0.2, 0.25) is 5.78 Å². The minimum atomic E-state index is -0.206. The Morgan fingerprint density at radius 3 is 2.71 bits per heavy atom. The minimum Gasteiger partial charge on any atom is -0.495 e. The number of Topliss-reactive ketones (excluding diaryl/α,β-unsaturated/α-hetero) is 1. The highest BCUT2D eigenvalue weighted by atomic mass is 32.2. The molecule has 2 aromatic heterocycles. The van der Waals surface area contributed by atoms with E-state index in [9.17, 15) is 9.59 Å². The van der Waals surface area contributed by atoms with Crippen molar-refractivity contribution in [3.8, 4) is 11.4 Å². The Balaban J connectivity index is 2.12. The number of aryl methyl sites for hydroxylation is 1. The molecule has 28 heavy (non-hydrogen) atoms. The zero-order valence-corrected chi connectivity index (χ0v) is 16.5. The normalized spacial score (nSPS) is 11.2. The van der Waals surface area contributed by atoms with Gasteiger partial charge in [-0.2, -0.15) is 0 Å². The summed E-state index contributed by atoms with van der Waals surface area (Å²) < 4.78 is 8.81. The number of para-hydroxylation sites is 1. The van der Waals surface area contributed by atoms with Crippen molar-refractivity contribution in [2.24, 2.45) is 0 Å². The van der Waals surface area contributed by atoms with E-state index in [4.69, 9.17) is 4.74 Å². The van der Waals surface area contributed by atoms with Gasteiger partial charge in [0.15, 0.2) is 5.16 Å². The van der Waals surface area contributed by atoms with Crippen LogP contribution in [0.5, 0.6) is 5.75 Å². The van der Waals surface area contributed by atoms with E-state index in [0.29, 0.717) is 33.3 Å². The lowest BCUT2D eigenvalue weighted by Crippen LogP contribution is -2.22. The average molecular weight is 394 g/mol. The van der Waals surface area contributed by atoms with E-state index in [-0.39, 0.29) is 17.1 Å². The summed E-state index contributed by atoms with van der Waals surface area (Å²) in [7, 11) is 1.56. The average Bonchev–Trinajstić information content (AvgIpc) is 3.10. The number of ether oxygens (including phenoxy) is 1. The fraction of sp³-hybridized carbons (Fsp3) is 0.200. The second-order valence-corrected chi connectivity index (χ2v) is 7.38. The van der Waals surface area contributed by atoms with Gasteiger partial charge in [-0.05, 0) is 43.7 Å². The van der Waals surface area contributed by atoms with Crippen LogP contribution in [0.4, 0.5) is 0 Å². The first-order valence-electron chi connectivity index (χ1n) is 8.67. The zero-order valence-electron chi connectivity index (χ0n) is 15.7. The number of nitrogens with zero attached hydrogens (tertiary/aromatic N) is 4. The van der Waals surface area contributed by atoms with Gasteiger partial charge in [-0.3, -0.25) is 14.0 Å². The molecule has 142 valence electrons. The summed E-state index contributed by atoms with van der Waals surface area (Å²) in [6, 6.07) is 12.9. The number of carbonyl (C=O) groups excluding carboxylic acids is 1. The van der Waals surface area contributed by atoms with Crippen molar-refractivity contribution >= 4 is 34.2 Å². The maximum atomic E-state index is 13.4. The summed E-state index contributed by atoms with van der Waals surface area (Å²) in [6.07, 6.45) is 0. The summed E-state index contributed by atoms with van der Waals surface area (Å²) >= 11 is 1.30. The van der Waals surface area contributed by atoms with Gasteiger partial charge in [0.25, 0.3) is 5.56 Å². The Morgan fingerprint density at radius 1 is 1.18 bits per heavy atom. The highest BCUT2D eigenvalue weighted by Crippen LogP contribution is 2.27. The number of aromatic nitrogens is 4. The topological polar surface area (TPSA) is 78.5 Å². The molecule has 4 aromatic rings. The van der Waals surface area contributed by atoms with Gasteiger partial charge >= 0.3 is 0 Å². The van der Waals surface area contributed by atoms with Crippen LogP contribution in [-0.4, -0.2) is 37.8 Å². The molecule has 0 radical (unpaired) electrons. The number of hydrogen-bond donors (Lipinski definition) is 0. The number of ketones is 1. The number of fused-ring (bicyclic) bond motifs is 3. The molecular formula is C20H18N4O3S. The second kappa shape index (κ2) is 7.12. The van der Waals surface area contributed by atoms with Crippen LogP contribution in [0.2, 0.25) is 0 Å². The molecule has 4 rings (SSSR count). The smallest absolute Gasteiger partial charge is 0.267 e. The molecule has 0 aliphatic rings. The minimum absolute atomic E-state index is 0.0414. The SMILES string of the molecule is COc1ccc(C)cc1-n1c(=O)c2ccccc2n2c(SCC(C)=O)nnc12. The lowest BCUT2D eigenvalue weighted by atomic mass is 10.2. The van der Waals surface area contributed by atoms with Crippen molar-refractivity contribution < 1.29 is 9.53 Å². The first kappa shape index (κ1) is 18.2. The Kier molecular flexibility index (Phi) is 4.64. The first-order valence-corrected chi connectivity index (χ1v) is 9.66.